The van der Waals surface area contributed by atoms with E-state index >= 15 is 0 Å². The Bertz CT molecular complexity index is 1040. The number of allylic oxidation sites excluding steroid dienone is 3. The van der Waals surface area contributed by atoms with E-state index in [1.54, 1.807) is 6.92 Å². The molecule has 2 saturated heterocycles. The van der Waals surface area contributed by atoms with E-state index in [-0.39, 0.29) is 25.4 Å². The molecule has 3 N–H and O–H groups in total. The summed E-state index contributed by atoms with van der Waals surface area (Å²) in [5.41, 5.74) is -0.0208. The van der Waals surface area contributed by atoms with Crippen molar-refractivity contribution in [2.24, 2.45) is 10.8 Å². The van der Waals surface area contributed by atoms with Gasteiger partial charge in [0.15, 0.2) is 0 Å². The Balaban J connectivity index is 1.58. The molecule has 2 aliphatic heterocycles. The van der Waals surface area contributed by atoms with E-state index in [1.165, 1.54) is 42.9 Å². The number of rotatable bonds is 10. The lowest BCUT2D eigenvalue weighted by Gasteiger charge is -2.58. The third kappa shape index (κ3) is 5.02. The lowest BCUT2D eigenvalue weighted by atomic mass is 9.51. The predicted octanol–water partition coefficient (Wildman–Crippen LogP) is 2.30. The maximum absolute atomic E-state index is 12.8. The molecule has 0 aromatic carbocycles. The van der Waals surface area contributed by atoms with Gasteiger partial charge in [-0.1, -0.05) is 42.4 Å². The Kier molecular flexibility index (Phi) is 8.35. The van der Waals surface area contributed by atoms with Gasteiger partial charge in [0, 0.05) is 30.6 Å². The van der Waals surface area contributed by atoms with E-state index in [4.69, 9.17) is 24.1 Å². The van der Waals surface area contributed by atoms with Gasteiger partial charge in [0.05, 0.1) is 36.4 Å². The monoisotopic (exact) mass is 532 g/mol. The standard InChI is InChI=1S/C29H40O9/c1-18-9-11-28(16-35-26(34)14-19(2)10-12-30)23(13-18)37-24-15-22(27(28,4)29(24)17-36-29)38-25(33)8-6-5-7-21(32)20(3)31/h5-8,13-14,20-24,30-32H,9-12,15-17H2,1-4H3/b7-5-,8-6+,19-14+/t20-,21+,22+,23+,24+,27+,28+,29-/m0/s1. The van der Waals surface area contributed by atoms with Crippen LogP contribution in [0.25, 0.3) is 0 Å². The van der Waals surface area contributed by atoms with Crippen LogP contribution in [0.4, 0.5) is 0 Å². The SMILES string of the molecule is CC1=C[C@H]2O[C@@H]3C[C@@H](OC(=O)/C=C/C=C\[C@@H](O)[C@H](C)O)[C@](C)([C@@]2(COC(=O)/C=C(\C)CCO)CC1)[C@]31CO1. The van der Waals surface area contributed by atoms with Crippen molar-refractivity contribution < 1.29 is 43.9 Å². The Labute approximate surface area is 223 Å². The zero-order valence-electron chi connectivity index (χ0n) is 22.6. The van der Waals surface area contributed by atoms with Crippen LogP contribution in [0.15, 0.2) is 47.6 Å². The number of epoxide rings is 1. The molecule has 8 atom stereocenters. The Morgan fingerprint density at radius 3 is 2.66 bits per heavy atom. The Morgan fingerprint density at radius 1 is 1.26 bits per heavy atom. The van der Waals surface area contributed by atoms with Gasteiger partial charge in [0.2, 0.25) is 0 Å². The summed E-state index contributed by atoms with van der Waals surface area (Å²) in [4.78, 5) is 25.5. The van der Waals surface area contributed by atoms with Crippen LogP contribution in [-0.2, 0) is 28.5 Å². The van der Waals surface area contributed by atoms with Crippen molar-refractivity contribution >= 4 is 11.9 Å². The van der Waals surface area contributed by atoms with Crippen molar-refractivity contribution in [3.63, 3.8) is 0 Å². The number of hydrogen-bond donors (Lipinski definition) is 3. The number of aliphatic hydroxyl groups is 3. The van der Waals surface area contributed by atoms with Gasteiger partial charge in [-0.25, -0.2) is 9.59 Å². The number of carbonyl (C=O) groups excluding carboxylic acids is 2. The molecule has 1 spiro atoms. The van der Waals surface area contributed by atoms with Gasteiger partial charge in [-0.2, -0.15) is 0 Å². The van der Waals surface area contributed by atoms with Crippen molar-refractivity contribution in [2.45, 2.75) is 89.5 Å². The minimum absolute atomic E-state index is 0.0444. The van der Waals surface area contributed by atoms with Crippen molar-refractivity contribution in [3.8, 4) is 0 Å². The van der Waals surface area contributed by atoms with Crippen LogP contribution >= 0.6 is 0 Å². The van der Waals surface area contributed by atoms with Crippen LogP contribution in [0.3, 0.4) is 0 Å². The molecule has 0 amide bonds. The molecule has 38 heavy (non-hydrogen) atoms. The summed E-state index contributed by atoms with van der Waals surface area (Å²) < 4.78 is 24.6. The van der Waals surface area contributed by atoms with Gasteiger partial charge in [0.25, 0.3) is 0 Å². The first kappa shape index (κ1) is 28.7. The highest BCUT2D eigenvalue weighted by Crippen LogP contribution is 2.72. The van der Waals surface area contributed by atoms with E-state index < -0.39 is 46.7 Å². The number of carbonyl (C=O) groups is 2. The molecule has 4 aliphatic rings. The molecule has 210 valence electrons. The highest BCUT2D eigenvalue weighted by Gasteiger charge is 2.83. The smallest absolute Gasteiger partial charge is 0.331 e. The fraction of sp³-hybridized carbons (Fsp3) is 0.655. The summed E-state index contributed by atoms with van der Waals surface area (Å²) in [6.45, 7) is 7.90. The van der Waals surface area contributed by atoms with Crippen LogP contribution in [0.2, 0.25) is 0 Å². The van der Waals surface area contributed by atoms with Crippen molar-refractivity contribution in [2.75, 3.05) is 19.8 Å². The lowest BCUT2D eigenvalue weighted by molar-refractivity contribution is -0.232. The average molecular weight is 533 g/mol. The normalized spacial score (nSPS) is 37.7. The molecule has 0 aromatic rings. The van der Waals surface area contributed by atoms with Crippen molar-refractivity contribution in [3.05, 3.63) is 47.6 Å². The molecular formula is C29H40O9. The average Bonchev–Trinajstić information content (AvgIpc) is 3.63. The van der Waals surface area contributed by atoms with Crippen LogP contribution in [0, 0.1) is 10.8 Å². The highest BCUT2D eigenvalue weighted by atomic mass is 16.6. The molecule has 9 heteroatoms. The molecule has 1 saturated carbocycles. The fourth-order valence-corrected chi connectivity index (χ4v) is 6.48. The largest absolute Gasteiger partial charge is 0.462 e. The Morgan fingerprint density at radius 2 is 2.00 bits per heavy atom. The third-order valence-corrected chi connectivity index (χ3v) is 8.96. The van der Waals surface area contributed by atoms with Crippen molar-refractivity contribution in [1.82, 2.24) is 0 Å². The molecule has 4 rings (SSSR count). The van der Waals surface area contributed by atoms with Crippen LogP contribution < -0.4 is 0 Å². The summed E-state index contributed by atoms with van der Waals surface area (Å²) in [5, 5.41) is 28.2. The molecule has 3 fully saturated rings. The summed E-state index contributed by atoms with van der Waals surface area (Å²) in [7, 11) is 0. The molecular weight excluding hydrogens is 492 g/mol. The van der Waals surface area contributed by atoms with Gasteiger partial charge in [-0.15, -0.1) is 0 Å². The van der Waals surface area contributed by atoms with Crippen LogP contribution in [0.1, 0.15) is 53.4 Å². The first-order chi connectivity index (χ1) is 18.0. The van der Waals surface area contributed by atoms with Crippen LogP contribution in [-0.4, -0.2) is 83.2 Å². The number of ether oxygens (including phenoxy) is 4. The van der Waals surface area contributed by atoms with E-state index in [1.807, 2.05) is 0 Å². The second kappa shape index (κ2) is 11.1. The highest BCUT2D eigenvalue weighted by molar-refractivity contribution is 5.83. The first-order valence-electron chi connectivity index (χ1n) is 13.3. The summed E-state index contributed by atoms with van der Waals surface area (Å²) in [5.74, 6) is -1.02. The van der Waals surface area contributed by atoms with E-state index in [0.717, 1.165) is 12.0 Å². The van der Waals surface area contributed by atoms with E-state index in [2.05, 4.69) is 19.9 Å². The lowest BCUT2D eigenvalue weighted by Crippen LogP contribution is -2.66. The van der Waals surface area contributed by atoms with Gasteiger partial charge in [0.1, 0.15) is 18.3 Å². The second-order valence-electron chi connectivity index (χ2n) is 11.3. The molecule has 2 bridgehead atoms. The molecule has 9 nitrogen and oxygen atoms in total. The molecule has 2 heterocycles. The molecule has 0 radical (unpaired) electrons. The minimum Gasteiger partial charge on any atom is -0.462 e. The summed E-state index contributed by atoms with van der Waals surface area (Å²) in [6, 6.07) is 0. The minimum atomic E-state index is -1.03. The number of esters is 2. The van der Waals surface area contributed by atoms with Gasteiger partial charge in [-0.3, -0.25) is 0 Å². The zero-order chi connectivity index (χ0) is 27.7. The van der Waals surface area contributed by atoms with Gasteiger partial charge >= 0.3 is 11.9 Å². The number of hydrogen-bond acceptors (Lipinski definition) is 9. The quantitative estimate of drug-likeness (QED) is 0.127. The van der Waals surface area contributed by atoms with Gasteiger partial charge in [-0.05, 0) is 40.0 Å². The molecule has 2 aliphatic carbocycles. The first-order valence-corrected chi connectivity index (χ1v) is 13.3. The maximum atomic E-state index is 12.8. The fourth-order valence-electron chi connectivity index (χ4n) is 6.48. The van der Waals surface area contributed by atoms with E-state index in [9.17, 15) is 19.8 Å². The zero-order valence-corrected chi connectivity index (χ0v) is 22.6. The second-order valence-corrected chi connectivity index (χ2v) is 11.3. The topological polar surface area (TPSA) is 135 Å². The Hall–Kier alpha value is -2.30. The molecule has 0 aromatic heterocycles. The molecule has 0 unspecified atom stereocenters. The van der Waals surface area contributed by atoms with Crippen molar-refractivity contribution in [1.29, 1.82) is 0 Å². The predicted molar refractivity (Wildman–Crippen MR) is 138 cm³/mol. The third-order valence-electron chi connectivity index (χ3n) is 8.96. The maximum Gasteiger partial charge on any atom is 0.331 e. The summed E-state index contributed by atoms with van der Waals surface area (Å²) >= 11 is 0. The summed E-state index contributed by atoms with van der Waals surface area (Å²) in [6.07, 6.45) is 8.43. The number of fused-ring (bicyclic) bond motifs is 2. The van der Waals surface area contributed by atoms with Crippen LogP contribution in [0.5, 0.6) is 0 Å². The van der Waals surface area contributed by atoms with E-state index in [0.29, 0.717) is 25.9 Å². The van der Waals surface area contributed by atoms with Gasteiger partial charge < -0.3 is 34.3 Å². The number of aliphatic hydroxyl groups excluding tert-OH is 3.